The summed E-state index contributed by atoms with van der Waals surface area (Å²) in [6.45, 7) is 13.6. The van der Waals surface area contributed by atoms with E-state index in [4.69, 9.17) is 9.47 Å². The van der Waals surface area contributed by atoms with Crippen LogP contribution in [0.15, 0.2) is 0 Å². The predicted octanol–water partition coefficient (Wildman–Crippen LogP) is 5.10. The van der Waals surface area contributed by atoms with E-state index in [0.29, 0.717) is 12.3 Å². The molecule has 1 saturated carbocycles. The Morgan fingerprint density at radius 2 is 1.81 bits per heavy atom. The first-order valence-corrected chi connectivity index (χ1v) is 10.8. The average Bonchev–Trinajstić information content (AvgIpc) is 2.76. The third-order valence-electron chi connectivity index (χ3n) is 5.91. The molecule has 1 saturated heterocycles. The number of ether oxygens (including phenoxy) is 2. The Kier molecular flexibility index (Phi) is 7.23. The minimum absolute atomic E-state index is 0.0497. The Labute approximate surface area is 165 Å². The van der Waals surface area contributed by atoms with Crippen LogP contribution >= 0.6 is 0 Å². The molecule has 5 heteroatoms. The van der Waals surface area contributed by atoms with Crippen LogP contribution in [0.4, 0.5) is 4.79 Å². The predicted molar refractivity (Wildman–Crippen MR) is 107 cm³/mol. The van der Waals surface area contributed by atoms with Gasteiger partial charge in [-0.15, -0.1) is 0 Å². The molecule has 0 spiro atoms. The zero-order chi connectivity index (χ0) is 20.4. The number of hydrogen-bond donors (Lipinski definition) is 1. The summed E-state index contributed by atoms with van der Waals surface area (Å²) in [6, 6.07) is -0.0497. The molecule has 1 aliphatic carbocycles. The zero-order valence-corrected chi connectivity index (χ0v) is 18.5. The van der Waals surface area contributed by atoms with Gasteiger partial charge in [0.2, 0.25) is 0 Å². The molecule has 2 fully saturated rings. The molecular weight excluding hydrogens is 342 g/mol. The summed E-state index contributed by atoms with van der Waals surface area (Å²) in [5, 5.41) is 10.5. The number of aliphatic hydroxyl groups is 1. The van der Waals surface area contributed by atoms with Gasteiger partial charge in [-0.3, -0.25) is 4.90 Å². The van der Waals surface area contributed by atoms with Crippen LogP contribution in [0.3, 0.4) is 0 Å². The average molecular weight is 384 g/mol. The fourth-order valence-corrected chi connectivity index (χ4v) is 4.47. The van der Waals surface area contributed by atoms with Crippen LogP contribution in [0.5, 0.6) is 0 Å². The lowest BCUT2D eigenvalue weighted by atomic mass is 9.82. The lowest BCUT2D eigenvalue weighted by Crippen LogP contribution is -2.51. The number of carbonyl (C=O) groups excluding carboxylic acids is 1. The molecule has 0 aromatic carbocycles. The maximum absolute atomic E-state index is 13.1. The van der Waals surface area contributed by atoms with Crippen molar-refractivity contribution in [1.29, 1.82) is 0 Å². The SMILES string of the molecule is CC(C)[C@@H](O)C[C@@H]1OC(C)(C)N(C(=O)OC(C)(C)C)[C@H]1CC1CCCCC1. The summed E-state index contributed by atoms with van der Waals surface area (Å²) in [4.78, 5) is 14.9. The first-order valence-electron chi connectivity index (χ1n) is 10.8. The highest BCUT2D eigenvalue weighted by Crippen LogP contribution is 2.41. The van der Waals surface area contributed by atoms with Gasteiger partial charge < -0.3 is 14.6 Å². The first kappa shape index (κ1) is 22.5. The van der Waals surface area contributed by atoms with Crippen molar-refractivity contribution < 1.29 is 19.4 Å². The Morgan fingerprint density at radius 1 is 1.22 bits per heavy atom. The van der Waals surface area contributed by atoms with Crippen LogP contribution in [0.1, 0.15) is 93.4 Å². The van der Waals surface area contributed by atoms with Crippen LogP contribution in [-0.4, -0.2) is 45.7 Å². The molecule has 0 bridgehead atoms. The number of amides is 1. The van der Waals surface area contributed by atoms with Crippen LogP contribution < -0.4 is 0 Å². The van der Waals surface area contributed by atoms with E-state index in [1.54, 1.807) is 0 Å². The highest BCUT2D eigenvalue weighted by Gasteiger charge is 2.52. The van der Waals surface area contributed by atoms with E-state index >= 15 is 0 Å². The lowest BCUT2D eigenvalue weighted by Gasteiger charge is -2.37. The standard InChI is InChI=1S/C22H41NO4/c1-15(2)18(24)14-19-17(13-16-11-9-8-10-12-16)23(22(6,7)26-19)20(25)27-21(3,4)5/h15-19,24H,8-14H2,1-7H3/t17-,18-,19-/m0/s1. The van der Waals surface area contributed by atoms with Gasteiger partial charge in [-0.1, -0.05) is 46.0 Å². The molecule has 1 N–H and O–H groups in total. The van der Waals surface area contributed by atoms with E-state index in [2.05, 4.69) is 0 Å². The van der Waals surface area contributed by atoms with E-state index in [0.717, 1.165) is 6.42 Å². The van der Waals surface area contributed by atoms with Gasteiger partial charge in [0.05, 0.1) is 18.2 Å². The monoisotopic (exact) mass is 383 g/mol. The van der Waals surface area contributed by atoms with Gasteiger partial charge in [-0.2, -0.15) is 0 Å². The minimum Gasteiger partial charge on any atom is -0.444 e. The van der Waals surface area contributed by atoms with Gasteiger partial charge in [0.15, 0.2) is 0 Å². The van der Waals surface area contributed by atoms with E-state index in [1.165, 1.54) is 32.1 Å². The van der Waals surface area contributed by atoms with Crippen LogP contribution in [0.25, 0.3) is 0 Å². The molecule has 2 rings (SSSR count). The second kappa shape index (κ2) is 8.69. The van der Waals surface area contributed by atoms with Crippen molar-refractivity contribution in [3.63, 3.8) is 0 Å². The highest BCUT2D eigenvalue weighted by atomic mass is 16.6. The van der Waals surface area contributed by atoms with Crippen molar-refractivity contribution in [1.82, 2.24) is 4.90 Å². The van der Waals surface area contributed by atoms with Crippen molar-refractivity contribution in [2.75, 3.05) is 0 Å². The van der Waals surface area contributed by atoms with Gasteiger partial charge >= 0.3 is 6.09 Å². The van der Waals surface area contributed by atoms with Gasteiger partial charge in [-0.05, 0) is 52.9 Å². The molecular formula is C22H41NO4. The normalized spacial score (nSPS) is 27.8. The molecule has 0 aromatic heterocycles. The van der Waals surface area contributed by atoms with Gasteiger partial charge in [0.25, 0.3) is 0 Å². The lowest BCUT2D eigenvalue weighted by molar-refractivity contribution is -0.0867. The van der Waals surface area contributed by atoms with E-state index in [-0.39, 0.29) is 24.2 Å². The number of carbonyl (C=O) groups is 1. The van der Waals surface area contributed by atoms with Crippen molar-refractivity contribution >= 4 is 6.09 Å². The summed E-state index contributed by atoms with van der Waals surface area (Å²) in [6.07, 6.45) is 6.88. The van der Waals surface area contributed by atoms with Crippen LogP contribution in [-0.2, 0) is 9.47 Å². The second-order valence-corrected chi connectivity index (χ2v) is 10.3. The van der Waals surface area contributed by atoms with E-state index in [9.17, 15) is 9.90 Å². The van der Waals surface area contributed by atoms with Crippen molar-refractivity contribution in [3.05, 3.63) is 0 Å². The molecule has 27 heavy (non-hydrogen) atoms. The van der Waals surface area contributed by atoms with E-state index < -0.39 is 17.4 Å². The first-order chi connectivity index (χ1) is 12.4. The van der Waals surface area contributed by atoms with Gasteiger partial charge in [-0.25, -0.2) is 4.79 Å². The molecule has 0 aromatic rings. The van der Waals surface area contributed by atoms with Crippen molar-refractivity contribution in [2.45, 2.75) is 123 Å². The van der Waals surface area contributed by atoms with E-state index in [1.807, 2.05) is 53.4 Å². The number of hydrogen-bond acceptors (Lipinski definition) is 4. The Balaban J connectivity index is 2.23. The quantitative estimate of drug-likeness (QED) is 0.717. The van der Waals surface area contributed by atoms with Crippen LogP contribution in [0, 0.1) is 11.8 Å². The topological polar surface area (TPSA) is 59.0 Å². The molecule has 1 aliphatic heterocycles. The largest absolute Gasteiger partial charge is 0.444 e. The summed E-state index contributed by atoms with van der Waals surface area (Å²) in [7, 11) is 0. The number of rotatable bonds is 5. The molecule has 2 aliphatic rings. The third kappa shape index (κ3) is 6.08. The summed E-state index contributed by atoms with van der Waals surface area (Å²) < 4.78 is 12.1. The molecule has 0 unspecified atom stereocenters. The summed E-state index contributed by atoms with van der Waals surface area (Å²) in [5.41, 5.74) is -1.28. The second-order valence-electron chi connectivity index (χ2n) is 10.3. The van der Waals surface area contributed by atoms with Gasteiger partial charge in [0.1, 0.15) is 11.3 Å². The maximum Gasteiger partial charge on any atom is 0.412 e. The molecule has 5 nitrogen and oxygen atoms in total. The van der Waals surface area contributed by atoms with Gasteiger partial charge in [0, 0.05) is 6.42 Å². The van der Waals surface area contributed by atoms with Crippen molar-refractivity contribution in [2.24, 2.45) is 11.8 Å². The highest BCUT2D eigenvalue weighted by molar-refractivity contribution is 5.70. The van der Waals surface area contributed by atoms with Crippen molar-refractivity contribution in [3.8, 4) is 0 Å². The zero-order valence-electron chi connectivity index (χ0n) is 18.5. The summed E-state index contributed by atoms with van der Waals surface area (Å²) >= 11 is 0. The minimum atomic E-state index is -0.733. The number of nitrogens with zero attached hydrogens (tertiary/aromatic N) is 1. The number of aliphatic hydroxyl groups excluding tert-OH is 1. The Hall–Kier alpha value is -0.810. The third-order valence-corrected chi connectivity index (χ3v) is 5.91. The molecule has 0 radical (unpaired) electrons. The molecule has 1 heterocycles. The molecule has 158 valence electrons. The smallest absolute Gasteiger partial charge is 0.412 e. The maximum atomic E-state index is 13.1. The molecule has 3 atom stereocenters. The van der Waals surface area contributed by atoms with Crippen LogP contribution in [0.2, 0.25) is 0 Å². The molecule has 1 amide bonds. The Morgan fingerprint density at radius 3 is 2.33 bits per heavy atom. The fourth-order valence-electron chi connectivity index (χ4n) is 4.47. The Bertz CT molecular complexity index is 491. The fraction of sp³-hybridized carbons (Fsp3) is 0.955. The summed E-state index contributed by atoms with van der Waals surface area (Å²) in [5.74, 6) is 0.785.